The Balaban J connectivity index is 1.25. The van der Waals surface area contributed by atoms with E-state index in [4.69, 9.17) is 4.52 Å². The fraction of sp³-hybridized carbons (Fsp3) is 0.200. The van der Waals surface area contributed by atoms with Crippen molar-refractivity contribution in [2.24, 2.45) is 0 Å². The van der Waals surface area contributed by atoms with Gasteiger partial charge in [0.2, 0.25) is 17.6 Å². The summed E-state index contributed by atoms with van der Waals surface area (Å²) in [5.41, 5.74) is 1.95. The number of anilines is 1. The van der Waals surface area contributed by atoms with Gasteiger partial charge in [-0.3, -0.25) is 19.4 Å². The van der Waals surface area contributed by atoms with Crippen LogP contribution in [0.2, 0.25) is 0 Å². The number of amides is 1. The van der Waals surface area contributed by atoms with Crippen molar-refractivity contribution in [2.45, 2.75) is 25.8 Å². The molecule has 0 aliphatic carbocycles. The predicted molar refractivity (Wildman–Crippen MR) is 105 cm³/mol. The molecule has 0 fully saturated rings. The molecule has 1 N–H and O–H groups in total. The van der Waals surface area contributed by atoms with Crippen molar-refractivity contribution in [3.8, 4) is 11.4 Å². The number of aromatic nitrogens is 6. The maximum absolute atomic E-state index is 12.2. The van der Waals surface area contributed by atoms with Crippen LogP contribution in [0.3, 0.4) is 0 Å². The Labute approximate surface area is 166 Å². The first-order valence-electron chi connectivity index (χ1n) is 9.21. The molecule has 0 radical (unpaired) electrons. The second-order valence-electron chi connectivity index (χ2n) is 6.37. The lowest BCUT2D eigenvalue weighted by Crippen LogP contribution is -2.13. The Kier molecular flexibility index (Phi) is 5.65. The summed E-state index contributed by atoms with van der Waals surface area (Å²) in [5, 5.41) is 11.1. The number of nitrogens with zero attached hydrogens (tertiary/aromatic N) is 6. The number of hydrogen-bond acceptors (Lipinski definition) is 7. The summed E-state index contributed by atoms with van der Waals surface area (Å²) in [6.07, 6.45) is 10.1. The monoisotopic (exact) mass is 389 g/mol. The molecule has 0 saturated heterocycles. The first-order chi connectivity index (χ1) is 14.3. The number of hydrogen-bond donors (Lipinski definition) is 1. The first kappa shape index (κ1) is 18.5. The minimum atomic E-state index is -0.162. The van der Waals surface area contributed by atoms with Crippen LogP contribution >= 0.6 is 0 Å². The Morgan fingerprint density at radius 1 is 1.07 bits per heavy atom. The van der Waals surface area contributed by atoms with Crippen LogP contribution in [-0.2, 0) is 24.2 Å². The molecule has 0 aromatic carbocycles. The summed E-state index contributed by atoms with van der Waals surface area (Å²) in [6, 6.07) is 9.37. The van der Waals surface area contributed by atoms with Crippen LogP contribution in [0.25, 0.3) is 11.4 Å². The fourth-order valence-electron chi connectivity index (χ4n) is 2.74. The first-order valence-corrected chi connectivity index (χ1v) is 9.21. The minimum Gasteiger partial charge on any atom is -0.339 e. The molecule has 0 saturated carbocycles. The van der Waals surface area contributed by atoms with Crippen LogP contribution in [0.15, 0.2) is 65.8 Å². The van der Waals surface area contributed by atoms with Crippen LogP contribution < -0.4 is 5.32 Å². The van der Waals surface area contributed by atoms with Gasteiger partial charge in [0.15, 0.2) is 5.82 Å². The molecule has 9 heteroatoms. The van der Waals surface area contributed by atoms with Gasteiger partial charge in [0, 0.05) is 62.0 Å². The summed E-state index contributed by atoms with van der Waals surface area (Å²) in [5.74, 6) is 1.22. The highest BCUT2D eigenvalue weighted by Gasteiger charge is 2.11. The van der Waals surface area contributed by atoms with Crippen molar-refractivity contribution in [1.29, 1.82) is 0 Å². The van der Waals surface area contributed by atoms with Gasteiger partial charge >= 0.3 is 0 Å². The summed E-state index contributed by atoms with van der Waals surface area (Å²) in [7, 11) is 0. The molecule has 4 rings (SSSR count). The zero-order chi connectivity index (χ0) is 19.9. The average molecular weight is 389 g/mol. The van der Waals surface area contributed by atoms with Crippen LogP contribution in [0.5, 0.6) is 0 Å². The number of nitrogens with one attached hydrogen (secondary N) is 1. The van der Waals surface area contributed by atoms with Crippen molar-refractivity contribution >= 4 is 11.7 Å². The van der Waals surface area contributed by atoms with E-state index in [1.165, 1.54) is 5.56 Å². The molecule has 4 aromatic heterocycles. The van der Waals surface area contributed by atoms with Gasteiger partial charge in [0.1, 0.15) is 0 Å². The second-order valence-corrected chi connectivity index (χ2v) is 6.37. The molecule has 29 heavy (non-hydrogen) atoms. The van der Waals surface area contributed by atoms with E-state index in [-0.39, 0.29) is 12.3 Å². The third-order valence-corrected chi connectivity index (χ3v) is 4.24. The molecule has 0 atom stereocenters. The molecule has 146 valence electrons. The normalized spacial score (nSPS) is 10.8. The second kappa shape index (κ2) is 8.87. The van der Waals surface area contributed by atoms with E-state index in [9.17, 15) is 4.79 Å². The van der Waals surface area contributed by atoms with E-state index in [1.807, 2.05) is 24.4 Å². The topological polar surface area (TPSA) is 112 Å². The van der Waals surface area contributed by atoms with E-state index < -0.39 is 0 Å². The molecule has 4 heterocycles. The lowest BCUT2D eigenvalue weighted by atomic mass is 10.2. The molecule has 0 aliphatic rings. The van der Waals surface area contributed by atoms with Crippen molar-refractivity contribution in [2.75, 3.05) is 5.32 Å². The van der Waals surface area contributed by atoms with Crippen LogP contribution in [0, 0.1) is 0 Å². The highest BCUT2D eigenvalue weighted by molar-refractivity contribution is 5.89. The molecule has 0 bridgehead atoms. The van der Waals surface area contributed by atoms with Crippen LogP contribution in [-0.4, -0.2) is 35.8 Å². The quantitative estimate of drug-likeness (QED) is 0.493. The average Bonchev–Trinajstić information content (AvgIpc) is 3.42. The minimum absolute atomic E-state index is 0.162. The lowest BCUT2D eigenvalue weighted by molar-refractivity contribution is -0.116. The van der Waals surface area contributed by atoms with Gasteiger partial charge in [-0.2, -0.15) is 10.1 Å². The number of carbonyl (C=O) groups excluding carboxylic acids is 1. The summed E-state index contributed by atoms with van der Waals surface area (Å²) in [4.78, 5) is 24.5. The SMILES string of the molecule is O=C(CCc1nc(-c2cccnc2)no1)Nc1ccn(CCc2ccncc2)n1. The van der Waals surface area contributed by atoms with Gasteiger partial charge in [0.05, 0.1) is 0 Å². The zero-order valence-electron chi connectivity index (χ0n) is 15.6. The third-order valence-electron chi connectivity index (χ3n) is 4.24. The Bertz CT molecular complexity index is 1060. The van der Waals surface area contributed by atoms with Gasteiger partial charge in [-0.15, -0.1) is 0 Å². The molecule has 0 aliphatic heterocycles. The van der Waals surface area contributed by atoms with E-state index in [0.717, 1.165) is 18.5 Å². The van der Waals surface area contributed by atoms with Crippen LogP contribution in [0.1, 0.15) is 17.9 Å². The zero-order valence-corrected chi connectivity index (χ0v) is 15.6. The highest BCUT2D eigenvalue weighted by atomic mass is 16.5. The molecule has 4 aromatic rings. The maximum atomic E-state index is 12.2. The Hall–Kier alpha value is -3.88. The van der Waals surface area contributed by atoms with Gasteiger partial charge < -0.3 is 9.84 Å². The van der Waals surface area contributed by atoms with Gasteiger partial charge in [0.25, 0.3) is 0 Å². The fourth-order valence-corrected chi connectivity index (χ4v) is 2.74. The van der Waals surface area contributed by atoms with E-state index >= 15 is 0 Å². The summed E-state index contributed by atoms with van der Waals surface area (Å²) < 4.78 is 7.00. The smallest absolute Gasteiger partial charge is 0.227 e. The van der Waals surface area contributed by atoms with E-state index in [0.29, 0.717) is 24.0 Å². The van der Waals surface area contributed by atoms with Crippen LogP contribution in [0.4, 0.5) is 5.82 Å². The molecule has 0 unspecified atom stereocenters. The number of pyridine rings is 2. The van der Waals surface area contributed by atoms with E-state index in [1.54, 1.807) is 41.6 Å². The Morgan fingerprint density at radius 3 is 2.79 bits per heavy atom. The predicted octanol–water partition coefficient (Wildman–Crippen LogP) is 2.54. The van der Waals surface area contributed by atoms with Gasteiger partial charge in [-0.1, -0.05) is 5.16 Å². The molecule has 9 nitrogen and oxygen atoms in total. The van der Waals surface area contributed by atoms with Gasteiger partial charge in [-0.25, -0.2) is 0 Å². The number of aryl methyl sites for hydroxylation is 3. The number of carbonyl (C=O) groups is 1. The molecule has 1 amide bonds. The summed E-state index contributed by atoms with van der Waals surface area (Å²) >= 11 is 0. The van der Waals surface area contributed by atoms with Crippen molar-refractivity contribution < 1.29 is 9.32 Å². The lowest BCUT2D eigenvalue weighted by Gasteiger charge is -2.02. The third kappa shape index (κ3) is 5.10. The number of rotatable bonds is 8. The van der Waals surface area contributed by atoms with Crippen molar-refractivity contribution in [1.82, 2.24) is 29.9 Å². The molecule has 0 spiro atoms. The standard InChI is InChI=1S/C20H19N7O2/c28-18(3-4-19-24-20(26-29-19)16-2-1-9-22-14-16)23-17-8-13-27(25-17)12-7-15-5-10-21-11-6-15/h1-2,5-6,8-11,13-14H,3-4,7,12H2,(H,23,25,28). The van der Waals surface area contributed by atoms with E-state index in [2.05, 4.69) is 30.5 Å². The van der Waals surface area contributed by atoms with Crippen molar-refractivity contribution in [3.63, 3.8) is 0 Å². The van der Waals surface area contributed by atoms with Gasteiger partial charge in [-0.05, 0) is 36.2 Å². The maximum Gasteiger partial charge on any atom is 0.227 e. The van der Waals surface area contributed by atoms with Crippen molar-refractivity contribution in [3.05, 3.63) is 72.8 Å². The largest absolute Gasteiger partial charge is 0.339 e. The molecular formula is C20H19N7O2. The Morgan fingerprint density at radius 2 is 1.97 bits per heavy atom. The summed E-state index contributed by atoms with van der Waals surface area (Å²) in [6.45, 7) is 0.721. The molecular weight excluding hydrogens is 370 g/mol. The highest BCUT2D eigenvalue weighted by Crippen LogP contribution is 2.14.